The highest BCUT2D eigenvalue weighted by Gasteiger charge is 2.14. The van der Waals surface area contributed by atoms with Gasteiger partial charge in [0.15, 0.2) is 0 Å². The summed E-state index contributed by atoms with van der Waals surface area (Å²) in [6.07, 6.45) is 0. The van der Waals surface area contributed by atoms with Crippen LogP contribution in [0, 0.1) is 17.1 Å². The van der Waals surface area contributed by atoms with Crippen molar-refractivity contribution in [2.45, 2.75) is 0 Å². The van der Waals surface area contributed by atoms with Gasteiger partial charge in [-0.2, -0.15) is 5.26 Å². The number of hydrogen-bond donors (Lipinski definition) is 1. The Morgan fingerprint density at radius 3 is 2.40 bits per heavy atom. The number of nitrogens with zero attached hydrogens (tertiary/aromatic N) is 1. The molecule has 6 heteroatoms. The lowest BCUT2D eigenvalue weighted by molar-refractivity contribution is 0.102. The molecule has 3 nitrogen and oxygen atoms in total. The van der Waals surface area contributed by atoms with Crippen LogP contribution in [0.3, 0.4) is 0 Å². The lowest BCUT2D eigenvalue weighted by atomic mass is 10.2. The summed E-state index contributed by atoms with van der Waals surface area (Å²) >= 11 is 11.4. The number of carbonyl (C=O) groups excluding carboxylic acids is 1. The number of anilines is 1. The fraction of sp³-hybridized carbons (Fsp3) is 0. The van der Waals surface area contributed by atoms with Crippen LogP contribution in [0.2, 0.25) is 10.0 Å². The van der Waals surface area contributed by atoms with Gasteiger partial charge in [0, 0.05) is 5.69 Å². The maximum atomic E-state index is 13.4. The zero-order valence-electron chi connectivity index (χ0n) is 9.95. The smallest absolute Gasteiger partial charge is 0.257 e. The Hall–Kier alpha value is -2.09. The van der Waals surface area contributed by atoms with Crippen molar-refractivity contribution in [1.29, 1.82) is 5.26 Å². The number of nitrogens with one attached hydrogen (secondary N) is 1. The topological polar surface area (TPSA) is 52.9 Å². The molecule has 0 radical (unpaired) electrons. The minimum absolute atomic E-state index is 0.0158. The van der Waals surface area contributed by atoms with E-state index in [0.717, 1.165) is 6.07 Å². The van der Waals surface area contributed by atoms with Gasteiger partial charge in [-0.1, -0.05) is 23.2 Å². The van der Waals surface area contributed by atoms with Crippen LogP contribution in [-0.2, 0) is 0 Å². The van der Waals surface area contributed by atoms with E-state index in [4.69, 9.17) is 28.5 Å². The third kappa shape index (κ3) is 3.08. The van der Waals surface area contributed by atoms with Gasteiger partial charge in [-0.15, -0.1) is 0 Å². The van der Waals surface area contributed by atoms with Gasteiger partial charge in [0.05, 0.1) is 27.2 Å². The number of amides is 1. The monoisotopic (exact) mass is 308 g/mol. The van der Waals surface area contributed by atoms with Crippen molar-refractivity contribution >= 4 is 34.8 Å². The average Bonchev–Trinajstić information content (AvgIpc) is 2.43. The van der Waals surface area contributed by atoms with Gasteiger partial charge in [-0.25, -0.2) is 4.39 Å². The van der Waals surface area contributed by atoms with Gasteiger partial charge < -0.3 is 5.32 Å². The molecule has 0 fully saturated rings. The summed E-state index contributed by atoms with van der Waals surface area (Å²) in [5.74, 6) is -1.28. The summed E-state index contributed by atoms with van der Waals surface area (Å²) in [5, 5.41) is 11.1. The lowest BCUT2D eigenvalue weighted by Gasteiger charge is -2.07. The number of rotatable bonds is 2. The predicted octanol–water partition coefficient (Wildman–Crippen LogP) is 4.26. The van der Waals surface area contributed by atoms with E-state index >= 15 is 0 Å². The highest BCUT2D eigenvalue weighted by atomic mass is 35.5. The summed E-state index contributed by atoms with van der Waals surface area (Å²) < 4.78 is 13.4. The molecule has 0 aromatic heterocycles. The van der Waals surface area contributed by atoms with E-state index in [2.05, 4.69) is 5.32 Å². The van der Waals surface area contributed by atoms with Crippen molar-refractivity contribution < 1.29 is 9.18 Å². The first-order valence-corrected chi connectivity index (χ1v) is 6.23. The Morgan fingerprint density at radius 2 is 1.80 bits per heavy atom. The van der Waals surface area contributed by atoms with E-state index < -0.39 is 11.7 Å². The second-order valence-electron chi connectivity index (χ2n) is 3.89. The Labute approximate surface area is 124 Å². The van der Waals surface area contributed by atoms with Crippen LogP contribution in [0.15, 0.2) is 36.4 Å². The van der Waals surface area contributed by atoms with Crippen LogP contribution in [0.4, 0.5) is 10.1 Å². The second kappa shape index (κ2) is 5.91. The van der Waals surface area contributed by atoms with Crippen molar-refractivity contribution in [3.05, 3.63) is 63.4 Å². The molecule has 0 aliphatic heterocycles. The lowest BCUT2D eigenvalue weighted by Crippen LogP contribution is -2.12. The molecule has 100 valence electrons. The Bertz CT molecular complexity index is 708. The molecular weight excluding hydrogens is 302 g/mol. The average molecular weight is 309 g/mol. The Balaban J connectivity index is 2.24. The highest BCUT2D eigenvalue weighted by molar-refractivity contribution is 6.37. The number of benzene rings is 2. The molecule has 2 aromatic carbocycles. The molecule has 0 heterocycles. The molecule has 0 spiro atoms. The second-order valence-corrected chi connectivity index (χ2v) is 4.70. The van der Waals surface area contributed by atoms with Gasteiger partial charge in [0.25, 0.3) is 5.91 Å². The van der Waals surface area contributed by atoms with E-state index in [-0.39, 0.29) is 15.6 Å². The number of halogens is 3. The standard InChI is InChI=1S/C14H7Cl2FN2O/c15-11-6-12(16)13(17)5-10(11)14(20)19-9-3-1-8(7-18)2-4-9/h1-6H,(H,19,20). The van der Waals surface area contributed by atoms with E-state index in [1.807, 2.05) is 6.07 Å². The van der Waals surface area contributed by atoms with E-state index in [1.54, 1.807) is 24.3 Å². The third-order valence-corrected chi connectivity index (χ3v) is 3.13. The Kier molecular flexibility index (Phi) is 4.23. The molecule has 0 saturated carbocycles. The van der Waals surface area contributed by atoms with Crippen molar-refractivity contribution in [3.8, 4) is 6.07 Å². The third-order valence-electron chi connectivity index (χ3n) is 2.53. The van der Waals surface area contributed by atoms with Crippen LogP contribution in [0.1, 0.15) is 15.9 Å². The van der Waals surface area contributed by atoms with Gasteiger partial charge >= 0.3 is 0 Å². The van der Waals surface area contributed by atoms with E-state index in [1.165, 1.54) is 6.07 Å². The van der Waals surface area contributed by atoms with Crippen LogP contribution in [0.25, 0.3) is 0 Å². The van der Waals surface area contributed by atoms with Crippen molar-refractivity contribution in [2.75, 3.05) is 5.32 Å². The van der Waals surface area contributed by atoms with Gasteiger partial charge in [-0.3, -0.25) is 4.79 Å². The van der Waals surface area contributed by atoms with E-state index in [9.17, 15) is 9.18 Å². The molecule has 20 heavy (non-hydrogen) atoms. The number of carbonyl (C=O) groups is 1. The summed E-state index contributed by atoms with van der Waals surface area (Å²) in [7, 11) is 0. The normalized spacial score (nSPS) is 9.90. The van der Waals surface area contributed by atoms with Crippen molar-refractivity contribution in [3.63, 3.8) is 0 Å². The summed E-state index contributed by atoms with van der Waals surface area (Å²) in [6.45, 7) is 0. The molecule has 0 bridgehead atoms. The minimum Gasteiger partial charge on any atom is -0.322 e. The molecule has 0 saturated heterocycles. The molecule has 1 amide bonds. The minimum atomic E-state index is -0.721. The fourth-order valence-corrected chi connectivity index (χ4v) is 1.99. The molecule has 2 aromatic rings. The van der Waals surface area contributed by atoms with Crippen LogP contribution in [0.5, 0.6) is 0 Å². The maximum Gasteiger partial charge on any atom is 0.257 e. The van der Waals surface area contributed by atoms with Crippen LogP contribution >= 0.6 is 23.2 Å². The molecule has 1 N–H and O–H groups in total. The number of hydrogen-bond acceptors (Lipinski definition) is 2. The molecule has 0 aliphatic carbocycles. The molecular formula is C14H7Cl2FN2O. The first-order chi connectivity index (χ1) is 9.51. The highest BCUT2D eigenvalue weighted by Crippen LogP contribution is 2.25. The van der Waals surface area contributed by atoms with Gasteiger partial charge in [-0.05, 0) is 36.4 Å². The summed E-state index contributed by atoms with van der Waals surface area (Å²) in [6, 6.07) is 10.4. The summed E-state index contributed by atoms with van der Waals surface area (Å²) in [4.78, 5) is 12.0. The molecule has 0 aliphatic rings. The molecule has 0 unspecified atom stereocenters. The fourth-order valence-electron chi connectivity index (χ4n) is 1.52. The van der Waals surface area contributed by atoms with Gasteiger partial charge in [0.1, 0.15) is 5.82 Å². The maximum absolute atomic E-state index is 13.4. The van der Waals surface area contributed by atoms with Crippen LogP contribution in [-0.4, -0.2) is 5.91 Å². The SMILES string of the molecule is N#Cc1ccc(NC(=O)c2cc(F)c(Cl)cc2Cl)cc1. The predicted molar refractivity (Wildman–Crippen MR) is 75.5 cm³/mol. The largest absolute Gasteiger partial charge is 0.322 e. The Morgan fingerprint density at radius 1 is 1.15 bits per heavy atom. The molecule has 0 atom stereocenters. The quantitative estimate of drug-likeness (QED) is 0.843. The summed E-state index contributed by atoms with van der Waals surface area (Å²) in [5.41, 5.74) is 0.928. The first kappa shape index (κ1) is 14.3. The van der Waals surface area contributed by atoms with Crippen LogP contribution < -0.4 is 5.32 Å². The first-order valence-electron chi connectivity index (χ1n) is 5.47. The van der Waals surface area contributed by atoms with Gasteiger partial charge in [0.2, 0.25) is 0 Å². The zero-order valence-corrected chi connectivity index (χ0v) is 11.5. The zero-order chi connectivity index (χ0) is 14.7. The van der Waals surface area contributed by atoms with E-state index in [0.29, 0.717) is 11.3 Å². The van der Waals surface area contributed by atoms with Crippen molar-refractivity contribution in [2.24, 2.45) is 0 Å². The van der Waals surface area contributed by atoms with Crippen molar-refractivity contribution in [1.82, 2.24) is 0 Å². The number of nitriles is 1. The molecule has 2 rings (SSSR count).